The number of nitrogens with zero attached hydrogens (tertiary/aromatic N) is 4. The maximum Gasteiger partial charge on any atom is 0.152 e. The lowest BCUT2D eigenvalue weighted by Crippen LogP contribution is -2.57. The molecule has 1 aromatic heterocycles. The van der Waals surface area contributed by atoms with Gasteiger partial charge in [-0.1, -0.05) is 11.6 Å². The fraction of sp³-hybridized carbons (Fsp3) is 0.333. The van der Waals surface area contributed by atoms with Crippen molar-refractivity contribution in [2.45, 2.75) is 12.6 Å². The number of hydrogen-bond donors (Lipinski definition) is 0. The van der Waals surface area contributed by atoms with Gasteiger partial charge in [0.2, 0.25) is 0 Å². The van der Waals surface area contributed by atoms with Crippen LogP contribution in [0, 0.1) is 17.1 Å². The molecule has 0 N–H and O–H groups in total. The lowest BCUT2D eigenvalue weighted by molar-refractivity contribution is 0.144. The molecule has 0 unspecified atom stereocenters. The van der Waals surface area contributed by atoms with Crippen LogP contribution in [0.4, 0.5) is 14.5 Å². The van der Waals surface area contributed by atoms with Gasteiger partial charge in [-0.05, 0) is 28.9 Å². The molecule has 1 aliphatic heterocycles. The quantitative estimate of drug-likeness (QED) is 0.762. The van der Waals surface area contributed by atoms with Gasteiger partial charge in [-0.15, -0.1) is 0 Å². The molecule has 0 radical (unpaired) electrons. The molecule has 0 aliphatic carbocycles. The molecular formula is C15H12BrClF2N4. The van der Waals surface area contributed by atoms with Crippen molar-refractivity contribution < 1.29 is 8.78 Å². The van der Waals surface area contributed by atoms with E-state index in [9.17, 15) is 14.0 Å². The van der Waals surface area contributed by atoms with Crippen LogP contribution in [0.25, 0.3) is 11.3 Å². The summed E-state index contributed by atoms with van der Waals surface area (Å²) in [5.41, 5.74) is -0.301. The topological polar surface area (TPSA) is 44.9 Å². The van der Waals surface area contributed by atoms with Gasteiger partial charge in [-0.2, -0.15) is 10.4 Å². The van der Waals surface area contributed by atoms with Crippen LogP contribution in [0.15, 0.2) is 16.7 Å². The van der Waals surface area contributed by atoms with Crippen LogP contribution in [-0.4, -0.2) is 28.5 Å². The summed E-state index contributed by atoms with van der Waals surface area (Å²) in [7, 11) is 1.64. The Hall–Kier alpha value is -1.65. The molecule has 3 rings (SSSR count). The molecule has 1 saturated heterocycles. The van der Waals surface area contributed by atoms with Crippen molar-refractivity contribution in [3.63, 3.8) is 0 Å². The summed E-state index contributed by atoms with van der Waals surface area (Å²) in [4.78, 5) is 1.68. The van der Waals surface area contributed by atoms with E-state index in [0.29, 0.717) is 15.9 Å². The summed E-state index contributed by atoms with van der Waals surface area (Å²) in [6.45, 7) is 1.75. The van der Waals surface area contributed by atoms with Gasteiger partial charge in [0.05, 0.1) is 51.3 Å². The van der Waals surface area contributed by atoms with Gasteiger partial charge < -0.3 is 4.90 Å². The molecule has 120 valence electrons. The van der Waals surface area contributed by atoms with Crippen molar-refractivity contribution in [3.8, 4) is 17.3 Å². The molecule has 1 aliphatic rings. The highest BCUT2D eigenvalue weighted by molar-refractivity contribution is 9.10. The summed E-state index contributed by atoms with van der Waals surface area (Å²) in [5, 5.41) is 13.5. The Balaban J connectivity index is 2.24. The average Bonchev–Trinajstić information content (AvgIpc) is 2.78. The minimum atomic E-state index is -1.32. The molecule has 0 saturated carbocycles. The van der Waals surface area contributed by atoms with Crippen molar-refractivity contribution in [2.75, 3.05) is 18.0 Å². The van der Waals surface area contributed by atoms with E-state index in [1.807, 2.05) is 6.07 Å². The fourth-order valence-electron chi connectivity index (χ4n) is 2.81. The van der Waals surface area contributed by atoms with Gasteiger partial charge in [-0.3, -0.25) is 4.68 Å². The highest BCUT2D eigenvalue weighted by Gasteiger charge is 2.40. The number of benzene rings is 1. The zero-order valence-electron chi connectivity index (χ0n) is 12.4. The Bertz CT molecular complexity index is 813. The third-order valence-corrected chi connectivity index (χ3v) is 4.68. The van der Waals surface area contributed by atoms with Crippen LogP contribution in [-0.2, 0) is 7.05 Å². The summed E-state index contributed by atoms with van der Waals surface area (Å²) in [6.07, 6.45) is 1.51. The Morgan fingerprint density at radius 1 is 1.48 bits per heavy atom. The largest absolute Gasteiger partial charge is 0.364 e. The molecule has 0 bridgehead atoms. The maximum absolute atomic E-state index is 14.7. The molecule has 8 heteroatoms. The van der Waals surface area contributed by atoms with E-state index in [2.05, 4.69) is 21.0 Å². The van der Waals surface area contributed by atoms with Crippen LogP contribution >= 0.6 is 27.5 Å². The second-order valence-corrected chi connectivity index (χ2v) is 7.05. The zero-order valence-corrected chi connectivity index (χ0v) is 14.7. The first-order valence-corrected chi connectivity index (χ1v) is 7.96. The van der Waals surface area contributed by atoms with Crippen LogP contribution in [0.5, 0.6) is 0 Å². The van der Waals surface area contributed by atoms with Crippen LogP contribution < -0.4 is 4.90 Å². The summed E-state index contributed by atoms with van der Waals surface area (Å²) >= 11 is 9.33. The first-order valence-electron chi connectivity index (χ1n) is 6.79. The van der Waals surface area contributed by atoms with Crippen LogP contribution in [0.3, 0.4) is 0 Å². The molecule has 1 fully saturated rings. The van der Waals surface area contributed by atoms with E-state index in [-0.39, 0.29) is 29.2 Å². The second-order valence-electron chi connectivity index (χ2n) is 5.79. The second kappa shape index (κ2) is 5.46. The van der Waals surface area contributed by atoms with E-state index in [0.717, 1.165) is 0 Å². The monoisotopic (exact) mass is 400 g/mol. The Morgan fingerprint density at radius 3 is 2.61 bits per heavy atom. The molecule has 1 aromatic carbocycles. The summed E-state index contributed by atoms with van der Waals surface area (Å²) in [5.74, 6) is -0.695. The normalized spacial score (nSPS) is 16.1. The molecule has 4 nitrogen and oxygen atoms in total. The van der Waals surface area contributed by atoms with Gasteiger partial charge in [-0.25, -0.2) is 8.78 Å². The first kappa shape index (κ1) is 16.2. The van der Waals surface area contributed by atoms with Gasteiger partial charge in [0.15, 0.2) is 5.82 Å². The van der Waals surface area contributed by atoms with Gasteiger partial charge in [0.25, 0.3) is 0 Å². The lowest BCUT2D eigenvalue weighted by Gasteiger charge is -2.44. The van der Waals surface area contributed by atoms with E-state index < -0.39 is 11.5 Å². The Morgan fingerprint density at radius 2 is 2.13 bits per heavy atom. The van der Waals surface area contributed by atoms with E-state index in [4.69, 9.17) is 11.6 Å². The van der Waals surface area contributed by atoms with E-state index in [1.165, 1.54) is 23.9 Å². The standard InChI is InChI=1S/C15H12BrClF2N4/c1-15(19)6-23(7-15)11-3-10(17)13(18)12(8(11)4-20)14-9(16)5-21-22(14)2/h3,5H,6-7H2,1-2H3. The molecule has 0 amide bonds. The Labute approximate surface area is 145 Å². The molecule has 0 atom stereocenters. The van der Waals surface area contributed by atoms with Crippen molar-refractivity contribution in [2.24, 2.45) is 7.05 Å². The number of rotatable bonds is 2. The third-order valence-electron chi connectivity index (χ3n) is 3.82. The minimum absolute atomic E-state index is 0.0642. The number of aromatic nitrogens is 2. The zero-order chi connectivity index (χ0) is 16.9. The minimum Gasteiger partial charge on any atom is -0.364 e. The first-order chi connectivity index (χ1) is 10.7. The van der Waals surface area contributed by atoms with Crippen molar-refractivity contribution >= 4 is 33.2 Å². The number of aryl methyl sites for hydroxylation is 1. The molecule has 23 heavy (non-hydrogen) atoms. The molecule has 2 heterocycles. The predicted octanol–water partition coefficient (Wildman–Crippen LogP) is 4.06. The Kier molecular flexibility index (Phi) is 3.85. The van der Waals surface area contributed by atoms with Crippen molar-refractivity contribution in [1.29, 1.82) is 5.26 Å². The lowest BCUT2D eigenvalue weighted by atomic mass is 9.94. The highest BCUT2D eigenvalue weighted by Crippen LogP contribution is 2.42. The SMILES string of the molecule is Cn1ncc(Br)c1-c1c(F)c(Cl)cc(N2CC(C)(F)C2)c1C#N. The fourth-order valence-corrected chi connectivity index (χ4v) is 3.55. The van der Waals surface area contributed by atoms with E-state index in [1.54, 1.807) is 11.9 Å². The maximum atomic E-state index is 14.7. The number of hydrogen-bond acceptors (Lipinski definition) is 3. The molecule has 0 spiro atoms. The van der Waals surface area contributed by atoms with Crippen LogP contribution in [0.1, 0.15) is 12.5 Å². The van der Waals surface area contributed by atoms with Crippen molar-refractivity contribution in [1.82, 2.24) is 9.78 Å². The van der Waals surface area contributed by atoms with Crippen molar-refractivity contribution in [3.05, 3.63) is 33.1 Å². The number of nitriles is 1. The molecular weight excluding hydrogens is 390 g/mol. The summed E-state index contributed by atoms with van der Waals surface area (Å²) < 4.78 is 30.5. The smallest absolute Gasteiger partial charge is 0.152 e. The van der Waals surface area contributed by atoms with Gasteiger partial charge >= 0.3 is 0 Å². The number of alkyl halides is 1. The number of halogens is 4. The predicted molar refractivity (Wildman–Crippen MR) is 87.8 cm³/mol. The third kappa shape index (κ3) is 2.60. The summed E-state index contributed by atoms with van der Waals surface area (Å²) in [6, 6.07) is 3.40. The van der Waals surface area contributed by atoms with E-state index >= 15 is 0 Å². The molecule has 2 aromatic rings. The average molecular weight is 402 g/mol. The van der Waals surface area contributed by atoms with Gasteiger partial charge in [0.1, 0.15) is 11.7 Å². The number of anilines is 1. The van der Waals surface area contributed by atoms with Crippen LogP contribution in [0.2, 0.25) is 5.02 Å². The highest BCUT2D eigenvalue weighted by atomic mass is 79.9. The van der Waals surface area contributed by atoms with Gasteiger partial charge in [0, 0.05) is 7.05 Å².